The molecule has 0 aromatic heterocycles. The standard InChI is InChI=1S/C13H18N4O3/c1-14-17-10(13-12(19)11(18)8-20-13)7-15-16-9-5-3-2-4-6-9/h2-7,11-14,16,18-19H,8H2,1H3/b15-7+,17-10+. The molecule has 7 heteroatoms. The molecular formula is C13H18N4O3. The van der Waals surface area contributed by atoms with Crippen molar-refractivity contribution >= 4 is 17.6 Å². The second-order valence-electron chi connectivity index (χ2n) is 4.31. The zero-order valence-corrected chi connectivity index (χ0v) is 11.1. The van der Waals surface area contributed by atoms with E-state index >= 15 is 0 Å². The summed E-state index contributed by atoms with van der Waals surface area (Å²) >= 11 is 0. The summed E-state index contributed by atoms with van der Waals surface area (Å²) in [6.07, 6.45) is -1.16. The van der Waals surface area contributed by atoms with Gasteiger partial charge in [0.2, 0.25) is 0 Å². The maximum absolute atomic E-state index is 9.81. The van der Waals surface area contributed by atoms with Crippen molar-refractivity contribution in [2.75, 3.05) is 19.1 Å². The summed E-state index contributed by atoms with van der Waals surface area (Å²) in [5.41, 5.74) is 6.71. The van der Waals surface area contributed by atoms with Crippen LogP contribution in [0, 0.1) is 0 Å². The van der Waals surface area contributed by atoms with Gasteiger partial charge >= 0.3 is 0 Å². The maximum atomic E-state index is 9.81. The van der Waals surface area contributed by atoms with Gasteiger partial charge in [0.15, 0.2) is 0 Å². The fourth-order valence-electron chi connectivity index (χ4n) is 1.84. The smallest absolute Gasteiger partial charge is 0.131 e. The zero-order chi connectivity index (χ0) is 14.4. The van der Waals surface area contributed by atoms with Crippen molar-refractivity contribution in [2.24, 2.45) is 10.2 Å². The molecule has 3 unspecified atom stereocenters. The summed E-state index contributed by atoms with van der Waals surface area (Å²) in [5, 5.41) is 27.3. The molecule has 1 aliphatic rings. The Bertz CT molecular complexity index is 478. The molecule has 0 bridgehead atoms. The van der Waals surface area contributed by atoms with Gasteiger partial charge in [-0.1, -0.05) is 18.2 Å². The van der Waals surface area contributed by atoms with E-state index in [0.29, 0.717) is 5.71 Å². The third-order valence-corrected chi connectivity index (χ3v) is 2.85. The van der Waals surface area contributed by atoms with Crippen molar-refractivity contribution in [3.63, 3.8) is 0 Å². The third kappa shape index (κ3) is 3.53. The number of ether oxygens (including phenoxy) is 1. The van der Waals surface area contributed by atoms with E-state index in [-0.39, 0.29) is 6.61 Å². The van der Waals surface area contributed by atoms with E-state index in [9.17, 15) is 10.2 Å². The lowest BCUT2D eigenvalue weighted by atomic mass is 10.1. The lowest BCUT2D eigenvalue weighted by Gasteiger charge is -2.14. The predicted molar refractivity (Wildman–Crippen MR) is 76.8 cm³/mol. The normalized spacial score (nSPS) is 26.9. The number of benzene rings is 1. The highest BCUT2D eigenvalue weighted by Gasteiger charge is 2.37. The van der Waals surface area contributed by atoms with Crippen LogP contribution in [0.3, 0.4) is 0 Å². The number of aliphatic hydroxyl groups is 2. The highest BCUT2D eigenvalue weighted by molar-refractivity contribution is 6.33. The van der Waals surface area contributed by atoms with E-state index in [0.717, 1.165) is 5.69 Å². The Kier molecular flexibility index (Phi) is 5.05. The first-order valence-corrected chi connectivity index (χ1v) is 6.28. The van der Waals surface area contributed by atoms with E-state index < -0.39 is 18.3 Å². The Labute approximate surface area is 117 Å². The quantitative estimate of drug-likeness (QED) is 0.441. The molecule has 108 valence electrons. The highest BCUT2D eigenvalue weighted by atomic mass is 16.5. The molecule has 1 aromatic carbocycles. The van der Waals surface area contributed by atoms with E-state index in [1.165, 1.54) is 6.21 Å². The van der Waals surface area contributed by atoms with Gasteiger partial charge in [-0.15, -0.1) is 0 Å². The number of anilines is 1. The fraction of sp³-hybridized carbons (Fsp3) is 0.385. The molecule has 1 aromatic rings. The number of rotatable bonds is 5. The van der Waals surface area contributed by atoms with Gasteiger partial charge < -0.3 is 20.4 Å². The zero-order valence-electron chi connectivity index (χ0n) is 11.1. The van der Waals surface area contributed by atoms with Gasteiger partial charge in [0.05, 0.1) is 18.5 Å². The van der Waals surface area contributed by atoms with E-state index in [1.807, 2.05) is 30.3 Å². The number of hydrogen-bond donors (Lipinski definition) is 4. The van der Waals surface area contributed by atoms with Crippen LogP contribution in [0.5, 0.6) is 0 Å². The molecule has 1 aliphatic heterocycles. The molecule has 1 heterocycles. The monoisotopic (exact) mass is 278 g/mol. The lowest BCUT2D eigenvalue weighted by molar-refractivity contribution is 0.0475. The van der Waals surface area contributed by atoms with E-state index in [2.05, 4.69) is 21.1 Å². The molecule has 0 radical (unpaired) electrons. The number of nitrogens with zero attached hydrogens (tertiary/aromatic N) is 2. The summed E-state index contributed by atoms with van der Waals surface area (Å²) in [6.45, 7) is 0.0779. The molecule has 2 rings (SSSR count). The van der Waals surface area contributed by atoms with Gasteiger partial charge in [-0.25, -0.2) is 0 Å². The molecule has 0 amide bonds. The number of aliphatic hydroxyl groups excluding tert-OH is 2. The van der Waals surface area contributed by atoms with Crippen molar-refractivity contribution < 1.29 is 14.9 Å². The van der Waals surface area contributed by atoms with Crippen LogP contribution < -0.4 is 10.9 Å². The average Bonchev–Trinajstić information content (AvgIpc) is 2.79. The van der Waals surface area contributed by atoms with Crippen LogP contribution in [-0.2, 0) is 4.74 Å². The summed E-state index contributed by atoms with van der Waals surface area (Å²) in [6, 6.07) is 9.43. The molecular weight excluding hydrogens is 260 g/mol. The first-order chi connectivity index (χ1) is 9.72. The van der Waals surface area contributed by atoms with Gasteiger partial charge in [-0.05, 0) is 12.1 Å². The molecule has 1 saturated heterocycles. The van der Waals surface area contributed by atoms with Crippen LogP contribution in [-0.4, -0.2) is 54.1 Å². The van der Waals surface area contributed by atoms with Gasteiger partial charge in [0.25, 0.3) is 0 Å². The first-order valence-electron chi connectivity index (χ1n) is 6.28. The summed E-state index contributed by atoms with van der Waals surface area (Å²) in [4.78, 5) is 0. The third-order valence-electron chi connectivity index (χ3n) is 2.85. The second kappa shape index (κ2) is 6.99. The summed E-state index contributed by atoms with van der Waals surface area (Å²) in [5.74, 6) is 0. The molecule has 0 aliphatic carbocycles. The number of para-hydroxylation sites is 1. The first kappa shape index (κ1) is 14.4. The van der Waals surface area contributed by atoms with Crippen molar-refractivity contribution in [1.82, 2.24) is 5.43 Å². The molecule has 0 saturated carbocycles. The van der Waals surface area contributed by atoms with Crippen LogP contribution in [0.2, 0.25) is 0 Å². The lowest BCUT2D eigenvalue weighted by Crippen LogP contribution is -2.37. The molecule has 1 fully saturated rings. The highest BCUT2D eigenvalue weighted by Crippen LogP contribution is 2.15. The maximum Gasteiger partial charge on any atom is 0.131 e. The van der Waals surface area contributed by atoms with Crippen molar-refractivity contribution in [1.29, 1.82) is 0 Å². The fourth-order valence-corrected chi connectivity index (χ4v) is 1.84. The van der Waals surface area contributed by atoms with Gasteiger partial charge in [-0.3, -0.25) is 5.43 Å². The predicted octanol–water partition coefficient (Wildman–Crippen LogP) is -0.220. The van der Waals surface area contributed by atoms with Crippen molar-refractivity contribution in [3.05, 3.63) is 30.3 Å². The van der Waals surface area contributed by atoms with Crippen LogP contribution in [0.4, 0.5) is 5.69 Å². The molecule has 7 nitrogen and oxygen atoms in total. The summed E-state index contributed by atoms with van der Waals surface area (Å²) in [7, 11) is 1.64. The number of hydrazone groups is 2. The minimum Gasteiger partial charge on any atom is -0.388 e. The van der Waals surface area contributed by atoms with Crippen molar-refractivity contribution in [2.45, 2.75) is 18.3 Å². The van der Waals surface area contributed by atoms with Crippen LogP contribution in [0.15, 0.2) is 40.5 Å². The second-order valence-corrected chi connectivity index (χ2v) is 4.31. The largest absolute Gasteiger partial charge is 0.388 e. The van der Waals surface area contributed by atoms with Crippen molar-refractivity contribution in [3.8, 4) is 0 Å². The number of hydrogen-bond acceptors (Lipinski definition) is 7. The Morgan fingerprint density at radius 1 is 1.35 bits per heavy atom. The Balaban J connectivity index is 2.01. The van der Waals surface area contributed by atoms with E-state index in [1.54, 1.807) is 7.05 Å². The Morgan fingerprint density at radius 3 is 2.70 bits per heavy atom. The Morgan fingerprint density at radius 2 is 2.10 bits per heavy atom. The number of nitrogens with one attached hydrogen (secondary N) is 2. The van der Waals surface area contributed by atoms with Gasteiger partial charge in [0, 0.05) is 7.05 Å². The molecule has 3 atom stereocenters. The average molecular weight is 278 g/mol. The minimum atomic E-state index is -1.01. The van der Waals surface area contributed by atoms with Gasteiger partial charge in [0.1, 0.15) is 24.0 Å². The molecule has 0 spiro atoms. The van der Waals surface area contributed by atoms with Crippen LogP contribution >= 0.6 is 0 Å². The van der Waals surface area contributed by atoms with Gasteiger partial charge in [-0.2, -0.15) is 10.2 Å². The Hall–Kier alpha value is -1.96. The SMILES string of the molecule is CN/N=C(\C=N\Nc1ccccc1)C1OCC(O)C1O. The topological polar surface area (TPSA) is 98.5 Å². The summed E-state index contributed by atoms with van der Waals surface area (Å²) < 4.78 is 5.31. The molecule has 20 heavy (non-hydrogen) atoms. The molecule has 4 N–H and O–H groups in total. The van der Waals surface area contributed by atoms with Crippen LogP contribution in [0.1, 0.15) is 0 Å². The minimum absolute atomic E-state index is 0.0779. The van der Waals surface area contributed by atoms with E-state index in [4.69, 9.17) is 4.74 Å². The van der Waals surface area contributed by atoms with Crippen LogP contribution in [0.25, 0.3) is 0 Å².